The fraction of sp³-hybridized carbons (Fsp3) is 0.0698. The third kappa shape index (κ3) is 8.62. The molecule has 0 aromatic heterocycles. The van der Waals surface area contributed by atoms with E-state index in [1.54, 1.807) is 0 Å². The molecule has 0 radical (unpaired) electrons. The monoisotopic (exact) mass is 1120 g/mol. The lowest BCUT2D eigenvalue weighted by Crippen LogP contribution is -2.17. The molecule has 0 N–H and O–H groups in total. The molecule has 0 fully saturated rings. The molecule has 2 nitrogen and oxygen atoms in total. The first-order valence-electron chi connectivity index (χ1n) is 30.8. The van der Waals surface area contributed by atoms with Crippen molar-refractivity contribution in [3.05, 3.63) is 338 Å². The highest BCUT2D eigenvalue weighted by atomic mass is 15.1. The number of anilines is 6. The summed E-state index contributed by atoms with van der Waals surface area (Å²) in [5, 5.41) is 12.9. The Morgan fingerprint density at radius 1 is 0.205 bits per heavy atom. The Morgan fingerprint density at radius 2 is 0.500 bits per heavy atom. The lowest BCUT2D eigenvalue weighted by Gasteiger charge is -2.28. The number of rotatable bonds is 8. The zero-order chi connectivity index (χ0) is 59.1. The Labute approximate surface area is 515 Å². The first-order valence-corrected chi connectivity index (χ1v) is 30.8. The quantitative estimate of drug-likeness (QED) is 0.140. The molecule has 17 rings (SSSR count). The minimum absolute atomic E-state index is 0.155. The van der Waals surface area contributed by atoms with Crippen LogP contribution in [0.1, 0.15) is 49.9 Å². The van der Waals surface area contributed by atoms with Crippen molar-refractivity contribution in [2.24, 2.45) is 0 Å². The largest absolute Gasteiger partial charge is 0.310 e. The number of para-hydroxylation sites is 4. The maximum absolute atomic E-state index is 2.43. The van der Waals surface area contributed by atoms with E-state index >= 15 is 0 Å². The van der Waals surface area contributed by atoms with Crippen LogP contribution in [-0.2, 0) is 10.8 Å². The molecule has 2 aliphatic carbocycles. The third-order valence-electron chi connectivity index (χ3n) is 19.0. The van der Waals surface area contributed by atoms with Gasteiger partial charge in [0.15, 0.2) is 0 Å². The van der Waals surface area contributed by atoms with Gasteiger partial charge in [0.25, 0.3) is 0 Å². The van der Waals surface area contributed by atoms with Gasteiger partial charge in [-0.05, 0) is 206 Å². The summed E-state index contributed by atoms with van der Waals surface area (Å²) < 4.78 is 0. The van der Waals surface area contributed by atoms with Gasteiger partial charge in [-0.1, -0.05) is 258 Å². The van der Waals surface area contributed by atoms with Gasteiger partial charge < -0.3 is 9.80 Å². The number of fused-ring (bicyclic) bond motifs is 13. The van der Waals surface area contributed by atoms with E-state index < -0.39 is 0 Å². The topological polar surface area (TPSA) is 6.48 Å². The molecule has 2 aliphatic rings. The highest BCUT2D eigenvalue weighted by Crippen LogP contribution is 2.58. The molecule has 15 aromatic carbocycles. The first kappa shape index (κ1) is 52.7. The molecule has 88 heavy (non-hydrogen) atoms. The second kappa shape index (κ2) is 21.0. The highest BCUT2D eigenvalue weighted by molar-refractivity contribution is 6.22. The molecule has 418 valence electrons. The standard InChI is InChI=1S/C52H42N2.C34H22/c1-51(2)45-31-29-42-41(49(45)43-27-25-39(33-47(43)51)53(35-17-9-5-10-18-35)36-19-11-6-12-20-36)30-32-46-50(42)44-28-26-40(34-48(44)52(46,3)4)54(37-21-13-7-14-22-37)38-23-15-8-16-24-38;1-3-11-25-21-27(19-17-23(25)9-1)33-29-13-5-7-15-31(29)34(32-16-8-6-14-30(32)33)28-20-18-24-10-2-4-12-26(24)22-28/h5-34H,1-4H3;1-22H. The van der Waals surface area contributed by atoms with Crippen molar-refractivity contribution in [2.45, 2.75) is 38.5 Å². The van der Waals surface area contributed by atoms with Crippen LogP contribution in [0.4, 0.5) is 34.1 Å². The molecular weight excluding hydrogens is 1060 g/mol. The summed E-state index contributed by atoms with van der Waals surface area (Å²) in [6.07, 6.45) is 0. The van der Waals surface area contributed by atoms with Crippen molar-refractivity contribution >= 4 is 88.0 Å². The summed E-state index contributed by atoms with van der Waals surface area (Å²) in [6.45, 7) is 9.56. The zero-order valence-corrected chi connectivity index (χ0v) is 49.9. The smallest absolute Gasteiger partial charge is 0.0465 e. The van der Waals surface area contributed by atoms with Crippen LogP contribution in [0.5, 0.6) is 0 Å². The van der Waals surface area contributed by atoms with Gasteiger partial charge in [0.2, 0.25) is 0 Å². The summed E-state index contributed by atoms with van der Waals surface area (Å²) in [5.41, 5.74) is 22.7. The van der Waals surface area contributed by atoms with Gasteiger partial charge in [0.05, 0.1) is 0 Å². The van der Waals surface area contributed by atoms with Gasteiger partial charge in [0, 0.05) is 45.0 Å². The third-order valence-corrected chi connectivity index (χ3v) is 19.0. The fourth-order valence-electron chi connectivity index (χ4n) is 14.8. The molecule has 2 heteroatoms. The highest BCUT2D eigenvalue weighted by Gasteiger charge is 2.41. The van der Waals surface area contributed by atoms with Crippen LogP contribution in [0.2, 0.25) is 0 Å². The molecule has 0 saturated heterocycles. The average molecular weight is 1130 g/mol. The van der Waals surface area contributed by atoms with Gasteiger partial charge in [0.1, 0.15) is 0 Å². The molecule has 0 unspecified atom stereocenters. The Bertz CT molecular complexity index is 4740. The van der Waals surface area contributed by atoms with Crippen LogP contribution < -0.4 is 9.80 Å². The molecule has 0 saturated carbocycles. The molecule has 15 aromatic rings. The van der Waals surface area contributed by atoms with Crippen molar-refractivity contribution in [1.82, 2.24) is 0 Å². The summed E-state index contributed by atoms with van der Waals surface area (Å²) in [6, 6.07) is 115. The van der Waals surface area contributed by atoms with Crippen molar-refractivity contribution in [3.8, 4) is 44.5 Å². The van der Waals surface area contributed by atoms with Gasteiger partial charge in [-0.2, -0.15) is 0 Å². The normalized spacial score (nSPS) is 13.2. The van der Waals surface area contributed by atoms with Gasteiger partial charge >= 0.3 is 0 Å². The van der Waals surface area contributed by atoms with Crippen molar-refractivity contribution < 1.29 is 0 Å². The van der Waals surface area contributed by atoms with Gasteiger partial charge in [-0.15, -0.1) is 0 Å². The predicted octanol–water partition coefficient (Wildman–Crippen LogP) is 24.0. The van der Waals surface area contributed by atoms with E-state index in [0.717, 1.165) is 22.7 Å². The van der Waals surface area contributed by atoms with Crippen LogP contribution in [0.3, 0.4) is 0 Å². The number of hydrogen-bond acceptors (Lipinski definition) is 2. The Kier molecular flexibility index (Phi) is 12.6. The molecule has 0 heterocycles. The Balaban J connectivity index is 0.000000157. The van der Waals surface area contributed by atoms with E-state index in [1.165, 1.54) is 132 Å². The average Bonchev–Trinajstić information content (AvgIpc) is 1.55. The van der Waals surface area contributed by atoms with E-state index in [1.807, 2.05) is 0 Å². The van der Waals surface area contributed by atoms with Gasteiger partial charge in [-0.3, -0.25) is 0 Å². The zero-order valence-electron chi connectivity index (χ0n) is 49.9. The minimum Gasteiger partial charge on any atom is -0.310 e. The molecule has 0 spiro atoms. The maximum Gasteiger partial charge on any atom is 0.0465 e. The number of nitrogens with zero attached hydrogens (tertiary/aromatic N) is 2. The van der Waals surface area contributed by atoms with Crippen molar-refractivity contribution in [1.29, 1.82) is 0 Å². The first-order chi connectivity index (χ1) is 43.2. The second-order valence-electron chi connectivity index (χ2n) is 24.8. The minimum atomic E-state index is -0.155. The van der Waals surface area contributed by atoms with Crippen LogP contribution >= 0.6 is 0 Å². The molecule has 0 bridgehead atoms. The predicted molar refractivity (Wildman–Crippen MR) is 376 cm³/mol. The lowest BCUT2D eigenvalue weighted by atomic mass is 9.80. The van der Waals surface area contributed by atoms with E-state index in [4.69, 9.17) is 0 Å². The van der Waals surface area contributed by atoms with E-state index in [2.05, 4.69) is 353 Å². The van der Waals surface area contributed by atoms with Gasteiger partial charge in [-0.25, -0.2) is 0 Å². The summed E-state index contributed by atoms with van der Waals surface area (Å²) in [7, 11) is 0. The Hall–Kier alpha value is -10.8. The lowest BCUT2D eigenvalue weighted by molar-refractivity contribution is 0.660. The summed E-state index contributed by atoms with van der Waals surface area (Å²) in [4.78, 5) is 4.74. The van der Waals surface area contributed by atoms with Crippen molar-refractivity contribution in [3.63, 3.8) is 0 Å². The van der Waals surface area contributed by atoms with Crippen LogP contribution in [-0.4, -0.2) is 0 Å². The second-order valence-corrected chi connectivity index (χ2v) is 24.8. The SMILES string of the molecule is CC1(C)c2cc(N(c3ccccc3)c3ccccc3)ccc2-c2c1ccc1c3c(ccc21)C(C)(C)c1cc(N(c2ccccc2)c2ccccc2)ccc1-3.c1ccc2cc(-c3c4ccccc4c(-c4ccc5ccccc5c4)c4ccccc34)ccc2c1. The van der Waals surface area contributed by atoms with E-state index in [9.17, 15) is 0 Å². The molecule has 0 atom stereocenters. The van der Waals surface area contributed by atoms with Crippen LogP contribution in [0, 0.1) is 0 Å². The maximum atomic E-state index is 2.43. The fourth-order valence-corrected chi connectivity index (χ4v) is 14.8. The number of hydrogen-bond donors (Lipinski definition) is 0. The van der Waals surface area contributed by atoms with Crippen LogP contribution in [0.25, 0.3) is 98.4 Å². The van der Waals surface area contributed by atoms with Crippen LogP contribution in [0.15, 0.2) is 315 Å². The number of benzene rings is 15. The molecule has 0 aliphatic heterocycles. The Morgan fingerprint density at radius 3 is 0.841 bits per heavy atom. The molecular formula is C86H64N2. The summed E-state index contributed by atoms with van der Waals surface area (Å²) >= 11 is 0. The van der Waals surface area contributed by atoms with E-state index in [0.29, 0.717) is 0 Å². The molecule has 0 amide bonds. The van der Waals surface area contributed by atoms with E-state index in [-0.39, 0.29) is 10.8 Å². The van der Waals surface area contributed by atoms with Crippen molar-refractivity contribution in [2.75, 3.05) is 9.80 Å². The summed E-state index contributed by atoms with van der Waals surface area (Å²) in [5.74, 6) is 0.